The number of carbonyl (C=O) groups excluding carboxylic acids is 2. The zero-order valence-electron chi connectivity index (χ0n) is 13.7. The summed E-state index contributed by atoms with van der Waals surface area (Å²) < 4.78 is 13.1. The van der Waals surface area contributed by atoms with Gasteiger partial charge in [0.1, 0.15) is 5.82 Å². The highest BCUT2D eigenvalue weighted by Gasteiger charge is 2.14. The molecule has 128 valence electrons. The average Bonchev–Trinajstić information content (AvgIpc) is 3.00. The molecule has 1 aromatic heterocycles. The maximum Gasteiger partial charge on any atom is 0.313 e. The number of hydrogen-bond acceptors (Lipinski definition) is 2. The third-order valence-electron chi connectivity index (χ3n) is 4.00. The minimum absolute atomic E-state index is 0.344. The lowest BCUT2D eigenvalue weighted by atomic mass is 10.1. The van der Waals surface area contributed by atoms with E-state index in [1.165, 1.54) is 18.2 Å². The summed E-state index contributed by atoms with van der Waals surface area (Å²) in [6.07, 6.45) is 2.51. The van der Waals surface area contributed by atoms with E-state index >= 15 is 0 Å². The molecule has 3 N–H and O–H groups in total. The van der Waals surface area contributed by atoms with Gasteiger partial charge in [-0.15, -0.1) is 0 Å². The SMILES string of the molecule is Cc1cc(F)ccc1NC(=O)C(=O)NCCc1c[nH]c2ccccc12. The Morgan fingerprint density at radius 2 is 1.92 bits per heavy atom. The van der Waals surface area contributed by atoms with Gasteiger partial charge in [-0.05, 0) is 48.7 Å². The second-order valence-corrected chi connectivity index (χ2v) is 5.78. The Morgan fingerprint density at radius 1 is 1.12 bits per heavy atom. The number of fused-ring (bicyclic) bond motifs is 1. The molecule has 0 radical (unpaired) electrons. The zero-order chi connectivity index (χ0) is 17.8. The van der Waals surface area contributed by atoms with E-state index < -0.39 is 17.6 Å². The van der Waals surface area contributed by atoms with Crippen molar-refractivity contribution in [1.82, 2.24) is 10.3 Å². The Hall–Kier alpha value is -3.15. The summed E-state index contributed by atoms with van der Waals surface area (Å²) in [5.74, 6) is -1.88. The molecule has 0 aliphatic rings. The Balaban J connectivity index is 1.54. The van der Waals surface area contributed by atoms with Crippen molar-refractivity contribution >= 4 is 28.4 Å². The van der Waals surface area contributed by atoms with Crippen LogP contribution in [0.2, 0.25) is 0 Å². The molecule has 6 heteroatoms. The van der Waals surface area contributed by atoms with Gasteiger partial charge in [0, 0.05) is 29.3 Å². The van der Waals surface area contributed by atoms with Crippen molar-refractivity contribution in [2.75, 3.05) is 11.9 Å². The van der Waals surface area contributed by atoms with E-state index in [1.54, 1.807) is 6.92 Å². The normalized spacial score (nSPS) is 10.6. The number of aromatic amines is 1. The van der Waals surface area contributed by atoms with Gasteiger partial charge >= 0.3 is 11.8 Å². The third kappa shape index (κ3) is 3.85. The Kier molecular flexibility index (Phi) is 4.79. The van der Waals surface area contributed by atoms with Gasteiger partial charge in [0.05, 0.1) is 0 Å². The predicted molar refractivity (Wildman–Crippen MR) is 94.8 cm³/mol. The standard InChI is InChI=1S/C19H18FN3O2/c1-12-10-14(20)6-7-16(12)23-19(25)18(24)21-9-8-13-11-22-17-5-3-2-4-15(13)17/h2-7,10-11,22H,8-9H2,1H3,(H,21,24)(H,23,25). The fourth-order valence-electron chi connectivity index (χ4n) is 2.68. The van der Waals surface area contributed by atoms with Gasteiger partial charge < -0.3 is 15.6 Å². The van der Waals surface area contributed by atoms with Crippen molar-refractivity contribution in [1.29, 1.82) is 0 Å². The monoisotopic (exact) mass is 339 g/mol. The van der Waals surface area contributed by atoms with E-state index in [-0.39, 0.29) is 0 Å². The topological polar surface area (TPSA) is 74.0 Å². The summed E-state index contributed by atoms with van der Waals surface area (Å²) in [5.41, 5.74) is 3.08. The summed E-state index contributed by atoms with van der Waals surface area (Å²) in [7, 11) is 0. The van der Waals surface area contributed by atoms with Crippen LogP contribution in [-0.4, -0.2) is 23.3 Å². The number of amides is 2. The minimum atomic E-state index is -0.770. The molecule has 3 aromatic rings. The van der Waals surface area contributed by atoms with Gasteiger partial charge in [0.2, 0.25) is 0 Å². The maximum absolute atomic E-state index is 13.1. The third-order valence-corrected chi connectivity index (χ3v) is 4.00. The van der Waals surface area contributed by atoms with Gasteiger partial charge in [-0.1, -0.05) is 18.2 Å². The maximum atomic E-state index is 13.1. The van der Waals surface area contributed by atoms with E-state index in [1.807, 2.05) is 30.5 Å². The molecule has 5 nitrogen and oxygen atoms in total. The molecule has 0 atom stereocenters. The largest absolute Gasteiger partial charge is 0.361 e. The van der Waals surface area contributed by atoms with Crippen molar-refractivity contribution < 1.29 is 14.0 Å². The van der Waals surface area contributed by atoms with Crippen LogP contribution in [-0.2, 0) is 16.0 Å². The fourth-order valence-corrected chi connectivity index (χ4v) is 2.68. The molecule has 0 fully saturated rings. The summed E-state index contributed by atoms with van der Waals surface area (Å²) in [5, 5.41) is 6.18. The number of nitrogens with one attached hydrogen (secondary N) is 3. The number of anilines is 1. The van der Waals surface area contributed by atoms with E-state index in [4.69, 9.17) is 0 Å². The quantitative estimate of drug-likeness (QED) is 0.640. The molecular formula is C19H18FN3O2. The summed E-state index contributed by atoms with van der Waals surface area (Å²) in [4.78, 5) is 27.0. The number of para-hydroxylation sites is 1. The molecule has 0 spiro atoms. The molecule has 0 unspecified atom stereocenters. The number of aromatic nitrogens is 1. The Bertz CT molecular complexity index is 933. The molecule has 0 aliphatic heterocycles. The van der Waals surface area contributed by atoms with Gasteiger partial charge in [0.25, 0.3) is 0 Å². The van der Waals surface area contributed by atoms with Crippen LogP contribution in [0.25, 0.3) is 10.9 Å². The molecular weight excluding hydrogens is 321 g/mol. The number of aryl methyl sites for hydroxylation is 1. The average molecular weight is 339 g/mol. The van der Waals surface area contributed by atoms with Crippen LogP contribution < -0.4 is 10.6 Å². The molecule has 1 heterocycles. The van der Waals surface area contributed by atoms with Crippen LogP contribution in [0, 0.1) is 12.7 Å². The molecule has 3 rings (SSSR count). The number of hydrogen-bond donors (Lipinski definition) is 3. The molecule has 2 amide bonds. The number of H-pyrrole nitrogens is 1. The second kappa shape index (κ2) is 7.17. The molecule has 0 bridgehead atoms. The lowest BCUT2D eigenvalue weighted by Gasteiger charge is -2.08. The first-order valence-electron chi connectivity index (χ1n) is 7.95. The number of carbonyl (C=O) groups is 2. The first-order chi connectivity index (χ1) is 12.0. The highest BCUT2D eigenvalue weighted by atomic mass is 19.1. The number of benzene rings is 2. The minimum Gasteiger partial charge on any atom is -0.361 e. The lowest BCUT2D eigenvalue weighted by Crippen LogP contribution is -2.36. The van der Waals surface area contributed by atoms with Gasteiger partial charge in [-0.3, -0.25) is 9.59 Å². The van der Waals surface area contributed by atoms with E-state index in [0.29, 0.717) is 24.2 Å². The van der Waals surface area contributed by atoms with Crippen LogP contribution in [0.5, 0.6) is 0 Å². The summed E-state index contributed by atoms with van der Waals surface area (Å²) in [6, 6.07) is 11.9. The smallest absolute Gasteiger partial charge is 0.313 e. The van der Waals surface area contributed by atoms with Crippen molar-refractivity contribution in [3.8, 4) is 0 Å². The first kappa shape index (κ1) is 16.7. The van der Waals surface area contributed by atoms with E-state index in [2.05, 4.69) is 15.6 Å². The van der Waals surface area contributed by atoms with E-state index in [9.17, 15) is 14.0 Å². The lowest BCUT2D eigenvalue weighted by molar-refractivity contribution is -0.136. The Labute approximate surface area is 144 Å². The van der Waals surface area contributed by atoms with Gasteiger partial charge in [-0.2, -0.15) is 0 Å². The zero-order valence-corrected chi connectivity index (χ0v) is 13.7. The van der Waals surface area contributed by atoms with Crippen LogP contribution in [0.1, 0.15) is 11.1 Å². The highest BCUT2D eigenvalue weighted by molar-refractivity contribution is 6.39. The van der Waals surface area contributed by atoms with Crippen molar-refractivity contribution in [3.05, 3.63) is 65.6 Å². The van der Waals surface area contributed by atoms with Crippen molar-refractivity contribution in [3.63, 3.8) is 0 Å². The van der Waals surface area contributed by atoms with Crippen molar-refractivity contribution in [2.45, 2.75) is 13.3 Å². The Morgan fingerprint density at radius 3 is 2.72 bits per heavy atom. The van der Waals surface area contributed by atoms with Gasteiger partial charge in [0.15, 0.2) is 0 Å². The molecule has 0 aliphatic carbocycles. The molecule has 0 saturated carbocycles. The first-order valence-corrected chi connectivity index (χ1v) is 7.95. The number of halogens is 1. The van der Waals surface area contributed by atoms with Crippen LogP contribution in [0.3, 0.4) is 0 Å². The van der Waals surface area contributed by atoms with Crippen LogP contribution in [0.15, 0.2) is 48.7 Å². The molecule has 2 aromatic carbocycles. The van der Waals surface area contributed by atoms with Crippen LogP contribution >= 0.6 is 0 Å². The van der Waals surface area contributed by atoms with E-state index in [0.717, 1.165) is 16.5 Å². The second-order valence-electron chi connectivity index (χ2n) is 5.78. The van der Waals surface area contributed by atoms with Crippen molar-refractivity contribution in [2.24, 2.45) is 0 Å². The predicted octanol–water partition coefficient (Wildman–Crippen LogP) is 2.91. The summed E-state index contributed by atoms with van der Waals surface area (Å²) >= 11 is 0. The van der Waals surface area contributed by atoms with Crippen LogP contribution in [0.4, 0.5) is 10.1 Å². The highest BCUT2D eigenvalue weighted by Crippen LogP contribution is 2.18. The molecule has 0 saturated heterocycles. The fraction of sp³-hybridized carbons (Fsp3) is 0.158. The van der Waals surface area contributed by atoms with Gasteiger partial charge in [-0.25, -0.2) is 4.39 Å². The summed E-state index contributed by atoms with van der Waals surface area (Å²) in [6.45, 7) is 2.00. The molecule has 25 heavy (non-hydrogen) atoms. The number of rotatable bonds is 4.